The fraction of sp³-hybridized carbons (Fsp3) is 0.583. The Morgan fingerprint density at radius 2 is 2.29 bits per heavy atom. The first kappa shape index (κ1) is 12.5. The van der Waals surface area contributed by atoms with Gasteiger partial charge in [-0.3, -0.25) is 4.40 Å². The zero-order valence-electron chi connectivity index (χ0n) is 10.5. The second-order valence-corrected chi connectivity index (χ2v) is 5.17. The van der Waals surface area contributed by atoms with Gasteiger partial charge in [0.05, 0.1) is 17.5 Å². The predicted molar refractivity (Wildman–Crippen MR) is 70.5 cm³/mol. The maximum absolute atomic E-state index is 9.50. The Balaban J connectivity index is 2.12. The van der Waals surface area contributed by atoms with Gasteiger partial charge in [0.25, 0.3) is 0 Å². The van der Waals surface area contributed by atoms with Crippen molar-refractivity contribution in [1.82, 2.24) is 14.7 Å². The molecule has 94 valence electrons. The van der Waals surface area contributed by atoms with E-state index in [1.807, 2.05) is 13.8 Å². The number of hydrogen-bond acceptors (Lipinski definition) is 4. The highest BCUT2D eigenvalue weighted by atomic mass is 32.1. The van der Waals surface area contributed by atoms with E-state index < -0.39 is 0 Å². The van der Waals surface area contributed by atoms with Crippen LogP contribution in [0.1, 0.15) is 30.4 Å². The Bertz CT molecular complexity index is 503. The summed E-state index contributed by atoms with van der Waals surface area (Å²) >= 11 is 1.67. The minimum absolute atomic E-state index is 0.262. The van der Waals surface area contributed by atoms with Gasteiger partial charge in [-0.05, 0) is 20.3 Å². The van der Waals surface area contributed by atoms with Crippen molar-refractivity contribution in [3.63, 3.8) is 0 Å². The lowest BCUT2D eigenvalue weighted by atomic mass is 10.2. The average molecular weight is 253 g/mol. The summed E-state index contributed by atoms with van der Waals surface area (Å²) in [5.74, 6) is 0. The van der Waals surface area contributed by atoms with Crippen molar-refractivity contribution in [3.05, 3.63) is 22.5 Å². The number of aliphatic hydroxyl groups is 1. The molecule has 1 atom stereocenters. The number of aromatic nitrogens is 2. The molecule has 5 heteroatoms. The van der Waals surface area contributed by atoms with Crippen LogP contribution in [-0.2, 0) is 6.54 Å². The van der Waals surface area contributed by atoms with E-state index >= 15 is 0 Å². The predicted octanol–water partition coefficient (Wildman–Crippen LogP) is 1.87. The molecule has 0 amide bonds. The third kappa shape index (κ3) is 2.51. The smallest absolute Gasteiger partial charge is 0.194 e. The quantitative estimate of drug-likeness (QED) is 0.855. The SMILES string of the molecule is CCC(O)CNCc1c(C)nc2scc(C)n12. The van der Waals surface area contributed by atoms with Gasteiger partial charge < -0.3 is 10.4 Å². The summed E-state index contributed by atoms with van der Waals surface area (Å²) in [6.07, 6.45) is 0.521. The van der Waals surface area contributed by atoms with Crippen LogP contribution in [0.5, 0.6) is 0 Å². The molecule has 4 nitrogen and oxygen atoms in total. The normalized spacial score (nSPS) is 13.4. The number of nitrogens with one attached hydrogen (secondary N) is 1. The van der Waals surface area contributed by atoms with Crippen LogP contribution in [0.15, 0.2) is 5.38 Å². The monoisotopic (exact) mass is 253 g/mol. The van der Waals surface area contributed by atoms with E-state index in [2.05, 4.69) is 27.0 Å². The van der Waals surface area contributed by atoms with Crippen LogP contribution in [0.3, 0.4) is 0 Å². The number of imidazole rings is 1. The van der Waals surface area contributed by atoms with Crippen LogP contribution in [0.4, 0.5) is 0 Å². The molecule has 0 bridgehead atoms. The van der Waals surface area contributed by atoms with Gasteiger partial charge in [0.1, 0.15) is 0 Å². The van der Waals surface area contributed by atoms with Gasteiger partial charge in [-0.25, -0.2) is 4.98 Å². The molecule has 2 aromatic heterocycles. The zero-order valence-corrected chi connectivity index (χ0v) is 11.3. The van der Waals surface area contributed by atoms with Crippen LogP contribution in [-0.4, -0.2) is 27.1 Å². The molecule has 2 heterocycles. The molecule has 0 aliphatic carbocycles. The Kier molecular flexibility index (Phi) is 3.81. The number of fused-ring (bicyclic) bond motifs is 1. The second kappa shape index (κ2) is 5.16. The fourth-order valence-corrected chi connectivity index (χ4v) is 2.81. The lowest BCUT2D eigenvalue weighted by Crippen LogP contribution is -2.26. The third-order valence-electron chi connectivity index (χ3n) is 2.97. The van der Waals surface area contributed by atoms with E-state index in [1.165, 1.54) is 11.4 Å². The number of aryl methyl sites for hydroxylation is 2. The third-order valence-corrected chi connectivity index (χ3v) is 3.92. The number of aliphatic hydroxyl groups excluding tert-OH is 1. The van der Waals surface area contributed by atoms with Crippen molar-refractivity contribution in [2.45, 2.75) is 39.8 Å². The highest BCUT2D eigenvalue weighted by Gasteiger charge is 2.11. The molecule has 17 heavy (non-hydrogen) atoms. The van der Waals surface area contributed by atoms with Gasteiger partial charge in [-0.15, -0.1) is 11.3 Å². The molecule has 1 unspecified atom stereocenters. The van der Waals surface area contributed by atoms with Gasteiger partial charge in [0.15, 0.2) is 4.96 Å². The van der Waals surface area contributed by atoms with Crippen LogP contribution in [0.2, 0.25) is 0 Å². The van der Waals surface area contributed by atoms with E-state index in [-0.39, 0.29) is 6.10 Å². The summed E-state index contributed by atoms with van der Waals surface area (Å²) < 4.78 is 2.19. The average Bonchev–Trinajstić information content (AvgIpc) is 2.80. The molecular formula is C12H19N3OS. The van der Waals surface area contributed by atoms with Crippen LogP contribution >= 0.6 is 11.3 Å². The van der Waals surface area contributed by atoms with Gasteiger partial charge >= 0.3 is 0 Å². The standard InChI is InChI=1S/C12H19N3OS/c1-4-10(16)5-13-6-11-9(3)14-12-15(11)8(2)7-17-12/h7,10,13,16H,4-6H2,1-3H3. The molecule has 0 spiro atoms. The van der Waals surface area contributed by atoms with Crippen molar-refractivity contribution in [1.29, 1.82) is 0 Å². The Hall–Kier alpha value is -0.910. The molecule has 0 radical (unpaired) electrons. The lowest BCUT2D eigenvalue weighted by molar-refractivity contribution is 0.167. The summed E-state index contributed by atoms with van der Waals surface area (Å²) in [7, 11) is 0. The van der Waals surface area contributed by atoms with Crippen molar-refractivity contribution in [2.75, 3.05) is 6.54 Å². The Labute approximate surface area is 105 Å². The highest BCUT2D eigenvalue weighted by molar-refractivity contribution is 7.15. The van der Waals surface area contributed by atoms with Gasteiger partial charge in [-0.1, -0.05) is 6.92 Å². The first-order chi connectivity index (χ1) is 8.13. The van der Waals surface area contributed by atoms with Gasteiger partial charge in [0.2, 0.25) is 0 Å². The summed E-state index contributed by atoms with van der Waals surface area (Å²) in [5, 5.41) is 14.9. The van der Waals surface area contributed by atoms with Crippen molar-refractivity contribution < 1.29 is 5.11 Å². The minimum atomic E-state index is -0.262. The van der Waals surface area contributed by atoms with Crippen LogP contribution in [0, 0.1) is 13.8 Å². The molecule has 0 aliphatic rings. The van der Waals surface area contributed by atoms with E-state index in [9.17, 15) is 5.11 Å². The molecule has 0 fully saturated rings. The van der Waals surface area contributed by atoms with Crippen molar-refractivity contribution in [3.8, 4) is 0 Å². The summed E-state index contributed by atoms with van der Waals surface area (Å²) in [4.78, 5) is 5.58. The van der Waals surface area contributed by atoms with Crippen molar-refractivity contribution >= 4 is 16.3 Å². The summed E-state index contributed by atoms with van der Waals surface area (Å²) in [5.41, 5.74) is 3.49. The fourth-order valence-electron chi connectivity index (χ4n) is 1.88. The Morgan fingerprint density at radius 3 is 3.00 bits per heavy atom. The van der Waals surface area contributed by atoms with E-state index in [0.717, 1.165) is 23.6 Å². The number of nitrogens with zero attached hydrogens (tertiary/aromatic N) is 2. The van der Waals surface area contributed by atoms with E-state index in [1.54, 1.807) is 11.3 Å². The zero-order chi connectivity index (χ0) is 12.4. The molecular weight excluding hydrogens is 234 g/mol. The van der Waals surface area contributed by atoms with Crippen LogP contribution in [0.25, 0.3) is 4.96 Å². The molecule has 2 N–H and O–H groups in total. The second-order valence-electron chi connectivity index (χ2n) is 4.33. The Morgan fingerprint density at radius 1 is 1.53 bits per heavy atom. The molecule has 0 saturated carbocycles. The van der Waals surface area contributed by atoms with Gasteiger partial charge in [-0.2, -0.15) is 0 Å². The molecule has 2 aromatic rings. The topological polar surface area (TPSA) is 49.6 Å². The molecule has 2 rings (SSSR count). The molecule has 0 aromatic carbocycles. The van der Waals surface area contributed by atoms with Crippen molar-refractivity contribution in [2.24, 2.45) is 0 Å². The van der Waals surface area contributed by atoms with Gasteiger partial charge in [0, 0.05) is 24.2 Å². The first-order valence-corrected chi connectivity index (χ1v) is 6.82. The van der Waals surface area contributed by atoms with Crippen LogP contribution < -0.4 is 5.32 Å². The van der Waals surface area contributed by atoms with E-state index in [0.29, 0.717) is 6.54 Å². The maximum Gasteiger partial charge on any atom is 0.194 e. The minimum Gasteiger partial charge on any atom is -0.392 e. The van der Waals surface area contributed by atoms with E-state index in [4.69, 9.17) is 0 Å². The number of rotatable bonds is 5. The lowest BCUT2D eigenvalue weighted by Gasteiger charge is -2.09. The number of hydrogen-bond donors (Lipinski definition) is 2. The summed E-state index contributed by atoms with van der Waals surface area (Å²) in [6, 6.07) is 0. The maximum atomic E-state index is 9.50. The first-order valence-electron chi connectivity index (χ1n) is 5.94. The summed E-state index contributed by atoms with van der Waals surface area (Å²) in [6.45, 7) is 7.49. The largest absolute Gasteiger partial charge is 0.392 e. The molecule has 0 saturated heterocycles. The highest BCUT2D eigenvalue weighted by Crippen LogP contribution is 2.20. The molecule has 0 aliphatic heterocycles. The number of thiazole rings is 1.